The second kappa shape index (κ2) is 8.24. The third-order valence-electron chi connectivity index (χ3n) is 4.54. The predicted octanol–water partition coefficient (Wildman–Crippen LogP) is 3.36. The Hall–Kier alpha value is -3.88. The summed E-state index contributed by atoms with van der Waals surface area (Å²) >= 11 is 0. The van der Waals surface area contributed by atoms with Crippen LogP contribution in [0.1, 0.15) is 6.92 Å². The maximum absolute atomic E-state index is 12.5. The molecule has 0 saturated heterocycles. The highest BCUT2D eigenvalue weighted by molar-refractivity contribution is 5.96. The van der Waals surface area contributed by atoms with Gasteiger partial charge in [-0.25, -0.2) is 0 Å². The van der Waals surface area contributed by atoms with E-state index in [0.29, 0.717) is 22.4 Å². The van der Waals surface area contributed by atoms with E-state index in [0.717, 1.165) is 0 Å². The zero-order chi connectivity index (χ0) is 21.1. The Labute approximate surface area is 171 Å². The molecule has 1 amide bonds. The smallest absolute Gasteiger partial charge is 0.326 e. The van der Waals surface area contributed by atoms with Crippen LogP contribution in [0.2, 0.25) is 0 Å². The van der Waals surface area contributed by atoms with E-state index in [1.807, 2.05) is 0 Å². The van der Waals surface area contributed by atoms with Crippen molar-refractivity contribution in [2.24, 2.45) is 10.2 Å². The number of aromatic nitrogens is 1. The van der Waals surface area contributed by atoms with Crippen LogP contribution >= 0.6 is 0 Å². The standard InChI is InChI=1S/C21H19N3O6/c1-2-28-18(25)11-24-14-8-4-3-7-13(14)19(21(24)27)22-23-20(26)17-12-29-15-9-5-6-10-16(15)30-17/h3-10,17,27H,2,11-12H2,1H3/t17-/m0/s1. The fourth-order valence-corrected chi connectivity index (χ4v) is 3.17. The summed E-state index contributed by atoms with van der Waals surface area (Å²) in [5.74, 6) is -0.429. The lowest BCUT2D eigenvalue weighted by Gasteiger charge is -2.23. The quantitative estimate of drug-likeness (QED) is 0.511. The van der Waals surface area contributed by atoms with Crippen LogP contribution in [-0.2, 0) is 20.9 Å². The Balaban J connectivity index is 1.59. The van der Waals surface area contributed by atoms with Gasteiger partial charge in [-0.3, -0.25) is 14.2 Å². The van der Waals surface area contributed by atoms with Gasteiger partial charge in [0.05, 0.1) is 12.1 Å². The summed E-state index contributed by atoms with van der Waals surface area (Å²) in [7, 11) is 0. The van der Waals surface area contributed by atoms with Gasteiger partial charge in [0.15, 0.2) is 17.2 Å². The van der Waals surface area contributed by atoms with Crippen LogP contribution in [0.5, 0.6) is 17.4 Å². The first-order valence-corrected chi connectivity index (χ1v) is 9.38. The van der Waals surface area contributed by atoms with Crippen molar-refractivity contribution in [2.45, 2.75) is 19.6 Å². The number of ether oxygens (including phenoxy) is 3. The first-order valence-electron chi connectivity index (χ1n) is 9.38. The maximum Gasteiger partial charge on any atom is 0.326 e. The zero-order valence-electron chi connectivity index (χ0n) is 16.1. The van der Waals surface area contributed by atoms with E-state index < -0.39 is 18.0 Å². The molecule has 0 unspecified atom stereocenters. The lowest BCUT2D eigenvalue weighted by molar-refractivity contribution is -0.143. The lowest BCUT2D eigenvalue weighted by atomic mass is 10.2. The van der Waals surface area contributed by atoms with E-state index in [1.165, 1.54) is 4.57 Å². The summed E-state index contributed by atoms with van der Waals surface area (Å²) in [6, 6.07) is 14.0. The summed E-state index contributed by atoms with van der Waals surface area (Å²) in [5, 5.41) is 18.8. The van der Waals surface area contributed by atoms with E-state index >= 15 is 0 Å². The molecule has 1 aliphatic rings. The minimum Gasteiger partial charge on any atom is -0.493 e. The van der Waals surface area contributed by atoms with Gasteiger partial charge >= 0.3 is 11.9 Å². The topological polar surface area (TPSA) is 112 Å². The highest BCUT2D eigenvalue weighted by atomic mass is 16.6. The molecule has 4 rings (SSSR count). The number of azo groups is 1. The highest BCUT2D eigenvalue weighted by Crippen LogP contribution is 2.39. The third kappa shape index (κ3) is 3.69. The number of amides is 1. The molecule has 9 nitrogen and oxygen atoms in total. The molecule has 1 N–H and O–H groups in total. The van der Waals surface area contributed by atoms with Gasteiger partial charge in [0, 0.05) is 5.39 Å². The van der Waals surface area contributed by atoms with Gasteiger partial charge in [-0.1, -0.05) is 30.3 Å². The molecule has 2 aromatic carbocycles. The fraction of sp³-hybridized carbons (Fsp3) is 0.238. The predicted molar refractivity (Wildman–Crippen MR) is 106 cm³/mol. The average Bonchev–Trinajstić information content (AvgIpc) is 3.03. The number of hydrogen-bond donors (Lipinski definition) is 1. The van der Waals surface area contributed by atoms with Crippen LogP contribution in [0.4, 0.5) is 5.69 Å². The molecule has 30 heavy (non-hydrogen) atoms. The van der Waals surface area contributed by atoms with E-state index in [2.05, 4.69) is 10.2 Å². The molecule has 2 heterocycles. The average molecular weight is 409 g/mol. The molecule has 0 saturated carbocycles. The number of fused-ring (bicyclic) bond motifs is 2. The van der Waals surface area contributed by atoms with Crippen molar-refractivity contribution >= 4 is 28.5 Å². The van der Waals surface area contributed by atoms with E-state index in [-0.39, 0.29) is 31.3 Å². The largest absolute Gasteiger partial charge is 0.493 e. The molecular formula is C21H19N3O6. The van der Waals surface area contributed by atoms with Crippen molar-refractivity contribution in [3.05, 3.63) is 48.5 Å². The molecule has 9 heteroatoms. The summed E-state index contributed by atoms with van der Waals surface area (Å²) < 4.78 is 17.5. The molecule has 0 fully saturated rings. The zero-order valence-corrected chi connectivity index (χ0v) is 16.1. The van der Waals surface area contributed by atoms with Gasteiger partial charge in [0.25, 0.3) is 0 Å². The van der Waals surface area contributed by atoms with Crippen LogP contribution in [0, 0.1) is 0 Å². The van der Waals surface area contributed by atoms with Gasteiger partial charge in [0.1, 0.15) is 13.2 Å². The Morgan fingerprint density at radius 2 is 1.90 bits per heavy atom. The first-order chi connectivity index (χ1) is 14.6. The van der Waals surface area contributed by atoms with Crippen molar-refractivity contribution in [3.63, 3.8) is 0 Å². The van der Waals surface area contributed by atoms with Crippen LogP contribution in [0.3, 0.4) is 0 Å². The summed E-state index contributed by atoms with van der Waals surface area (Å²) in [5.41, 5.74) is 0.649. The monoisotopic (exact) mass is 409 g/mol. The molecule has 154 valence electrons. The van der Waals surface area contributed by atoms with Crippen molar-refractivity contribution in [1.29, 1.82) is 0 Å². The molecule has 3 aromatic rings. The van der Waals surface area contributed by atoms with Gasteiger partial charge < -0.3 is 19.3 Å². The number of hydrogen-bond acceptors (Lipinski definition) is 7. The molecule has 0 aliphatic carbocycles. The van der Waals surface area contributed by atoms with Gasteiger partial charge in [-0.2, -0.15) is 0 Å². The third-order valence-corrected chi connectivity index (χ3v) is 4.54. The minimum atomic E-state index is -0.946. The Morgan fingerprint density at radius 1 is 1.17 bits per heavy atom. The lowest BCUT2D eigenvalue weighted by Crippen LogP contribution is -2.35. The maximum atomic E-state index is 12.5. The summed E-state index contributed by atoms with van der Waals surface area (Å²) in [4.78, 5) is 24.4. The summed E-state index contributed by atoms with van der Waals surface area (Å²) in [6.45, 7) is 1.74. The molecule has 0 radical (unpaired) electrons. The van der Waals surface area contributed by atoms with Crippen molar-refractivity contribution in [2.75, 3.05) is 13.2 Å². The number of carbonyl (C=O) groups is 2. The van der Waals surface area contributed by atoms with Crippen molar-refractivity contribution in [1.82, 2.24) is 4.57 Å². The number of esters is 1. The molecular weight excluding hydrogens is 390 g/mol. The van der Waals surface area contributed by atoms with E-state index in [9.17, 15) is 14.7 Å². The molecule has 1 atom stereocenters. The number of para-hydroxylation sites is 3. The SMILES string of the molecule is CCOC(=O)Cn1c(O)c(N=NC(=O)[C@@H]2COc3ccccc3O2)c2ccccc21. The van der Waals surface area contributed by atoms with Crippen LogP contribution in [0.15, 0.2) is 58.8 Å². The van der Waals surface area contributed by atoms with Crippen molar-refractivity contribution in [3.8, 4) is 17.4 Å². The Morgan fingerprint density at radius 3 is 2.70 bits per heavy atom. The van der Waals surface area contributed by atoms with Gasteiger partial charge in [0.2, 0.25) is 12.0 Å². The van der Waals surface area contributed by atoms with Crippen LogP contribution < -0.4 is 9.47 Å². The number of rotatable bonds is 5. The number of aromatic hydroxyl groups is 1. The van der Waals surface area contributed by atoms with Crippen LogP contribution in [-0.4, -0.2) is 40.9 Å². The van der Waals surface area contributed by atoms with Crippen LogP contribution in [0.25, 0.3) is 10.9 Å². The fourth-order valence-electron chi connectivity index (χ4n) is 3.17. The second-order valence-corrected chi connectivity index (χ2v) is 6.48. The normalized spacial score (nSPS) is 15.4. The summed E-state index contributed by atoms with van der Waals surface area (Å²) in [6.07, 6.45) is -0.946. The van der Waals surface area contributed by atoms with Crippen molar-refractivity contribution < 1.29 is 28.9 Å². The molecule has 1 aromatic heterocycles. The van der Waals surface area contributed by atoms with E-state index in [4.69, 9.17) is 14.2 Å². The number of nitrogens with zero attached hydrogens (tertiary/aromatic N) is 3. The molecule has 0 spiro atoms. The molecule has 0 bridgehead atoms. The second-order valence-electron chi connectivity index (χ2n) is 6.48. The minimum absolute atomic E-state index is 0.00542. The van der Waals surface area contributed by atoms with Gasteiger partial charge in [-0.15, -0.1) is 10.2 Å². The Bertz CT molecular complexity index is 1140. The Kier molecular flexibility index (Phi) is 5.34. The molecule has 1 aliphatic heterocycles. The van der Waals surface area contributed by atoms with E-state index in [1.54, 1.807) is 55.5 Å². The number of carbonyl (C=O) groups excluding carboxylic acids is 2. The highest BCUT2D eigenvalue weighted by Gasteiger charge is 2.28. The van der Waals surface area contributed by atoms with Gasteiger partial charge in [-0.05, 0) is 25.1 Å². The number of benzene rings is 2. The first kappa shape index (κ1) is 19.4.